The first-order chi connectivity index (χ1) is 10.5. The predicted octanol–water partition coefficient (Wildman–Crippen LogP) is 2.66. The second kappa shape index (κ2) is 6.41. The second-order valence-electron chi connectivity index (χ2n) is 7.21. The zero-order valence-electron chi connectivity index (χ0n) is 14.1. The van der Waals surface area contributed by atoms with Crippen LogP contribution in [0, 0.1) is 0 Å². The van der Waals surface area contributed by atoms with E-state index in [4.69, 9.17) is 0 Å². The monoisotopic (exact) mass is 300 g/mol. The van der Waals surface area contributed by atoms with Gasteiger partial charge >= 0.3 is 0 Å². The van der Waals surface area contributed by atoms with Gasteiger partial charge in [0.15, 0.2) is 0 Å². The highest BCUT2D eigenvalue weighted by Gasteiger charge is 2.31. The Morgan fingerprint density at radius 1 is 1.09 bits per heavy atom. The third-order valence-corrected chi connectivity index (χ3v) is 5.16. The Labute approximate surface area is 134 Å². The highest BCUT2D eigenvalue weighted by Crippen LogP contribution is 2.23. The maximum Gasteiger partial charge on any atom is 0.227 e. The van der Waals surface area contributed by atoms with Crippen molar-refractivity contribution < 1.29 is 4.79 Å². The minimum atomic E-state index is 0.281. The number of nitrogens with zero attached hydrogens (tertiary/aromatic N) is 2. The molecule has 0 aromatic heterocycles. The summed E-state index contributed by atoms with van der Waals surface area (Å²) >= 11 is 0. The van der Waals surface area contributed by atoms with Gasteiger partial charge in [0.2, 0.25) is 5.91 Å². The van der Waals surface area contributed by atoms with Crippen LogP contribution < -0.4 is 0 Å². The van der Waals surface area contributed by atoms with Crippen LogP contribution in [0.4, 0.5) is 0 Å². The minimum Gasteiger partial charge on any atom is -0.334 e. The van der Waals surface area contributed by atoms with Gasteiger partial charge in [-0.3, -0.25) is 4.79 Å². The van der Waals surface area contributed by atoms with E-state index in [2.05, 4.69) is 48.9 Å². The first-order valence-corrected chi connectivity index (χ1v) is 8.65. The number of amides is 1. The summed E-state index contributed by atoms with van der Waals surface area (Å²) in [6.45, 7) is 6.27. The Morgan fingerprint density at radius 2 is 1.73 bits per heavy atom. The molecular formula is C19H28N2O. The van der Waals surface area contributed by atoms with Gasteiger partial charge < -0.3 is 9.80 Å². The van der Waals surface area contributed by atoms with Crippen molar-refractivity contribution in [1.29, 1.82) is 0 Å². The van der Waals surface area contributed by atoms with Crippen LogP contribution >= 0.6 is 0 Å². The molecule has 0 radical (unpaired) electrons. The van der Waals surface area contributed by atoms with Gasteiger partial charge in [-0.2, -0.15) is 0 Å². The van der Waals surface area contributed by atoms with Crippen LogP contribution in [0.2, 0.25) is 0 Å². The summed E-state index contributed by atoms with van der Waals surface area (Å²) < 4.78 is 0. The molecule has 0 unspecified atom stereocenters. The number of benzene rings is 1. The number of likely N-dealkylation sites (N-methyl/N-ethyl adjacent to an activating group) is 1. The van der Waals surface area contributed by atoms with Gasteiger partial charge in [-0.15, -0.1) is 0 Å². The van der Waals surface area contributed by atoms with Crippen LogP contribution in [0.1, 0.15) is 43.4 Å². The largest absolute Gasteiger partial charge is 0.334 e. The number of carbonyl (C=O) groups excluding carboxylic acids is 1. The second-order valence-corrected chi connectivity index (χ2v) is 7.21. The summed E-state index contributed by atoms with van der Waals surface area (Å²) in [4.78, 5) is 17.2. The Bertz CT molecular complexity index is 542. The lowest BCUT2D eigenvalue weighted by molar-refractivity contribution is -0.137. The van der Waals surface area contributed by atoms with Crippen LogP contribution in [-0.4, -0.2) is 47.9 Å². The molecule has 0 bridgehead atoms. The maximum atomic E-state index is 12.8. The van der Waals surface area contributed by atoms with E-state index in [1.165, 1.54) is 42.4 Å². The van der Waals surface area contributed by atoms with E-state index < -0.39 is 0 Å². The first kappa shape index (κ1) is 15.5. The van der Waals surface area contributed by atoms with Crippen molar-refractivity contribution in [1.82, 2.24) is 9.80 Å². The molecule has 2 atom stereocenters. The lowest BCUT2D eigenvalue weighted by Crippen LogP contribution is -2.57. The Hall–Kier alpha value is -1.35. The topological polar surface area (TPSA) is 23.6 Å². The van der Waals surface area contributed by atoms with Crippen molar-refractivity contribution in [3.8, 4) is 0 Å². The third-order valence-electron chi connectivity index (χ3n) is 5.16. The SMILES string of the molecule is C[C@@H]1CN(C)C[C@@H](C)N1C(=O)Cc1ccc2c(c1)CCCC2. The number of piperazine rings is 1. The molecule has 1 fully saturated rings. The Kier molecular flexibility index (Phi) is 4.53. The number of aryl methyl sites for hydroxylation is 2. The van der Waals surface area contributed by atoms with Gasteiger partial charge in [0, 0.05) is 25.2 Å². The molecular weight excluding hydrogens is 272 g/mol. The van der Waals surface area contributed by atoms with Crippen molar-refractivity contribution in [2.45, 2.75) is 58.0 Å². The van der Waals surface area contributed by atoms with E-state index in [-0.39, 0.29) is 5.91 Å². The molecule has 2 aliphatic rings. The average Bonchev–Trinajstić information content (AvgIpc) is 2.46. The van der Waals surface area contributed by atoms with E-state index in [1.54, 1.807) is 0 Å². The van der Waals surface area contributed by atoms with E-state index in [9.17, 15) is 4.79 Å². The fourth-order valence-corrected chi connectivity index (χ4v) is 4.24. The van der Waals surface area contributed by atoms with Crippen LogP contribution in [0.3, 0.4) is 0 Å². The summed E-state index contributed by atoms with van der Waals surface area (Å²) in [5.41, 5.74) is 4.14. The van der Waals surface area contributed by atoms with Crippen LogP contribution in [0.5, 0.6) is 0 Å². The van der Waals surface area contributed by atoms with E-state index in [1.807, 2.05) is 0 Å². The summed E-state index contributed by atoms with van der Waals surface area (Å²) in [5, 5.41) is 0. The first-order valence-electron chi connectivity index (χ1n) is 8.65. The molecule has 0 saturated carbocycles. The predicted molar refractivity (Wildman–Crippen MR) is 90.1 cm³/mol. The van der Waals surface area contributed by atoms with Crippen molar-refractivity contribution in [3.05, 3.63) is 34.9 Å². The fraction of sp³-hybridized carbons (Fsp3) is 0.632. The molecule has 1 aromatic rings. The lowest BCUT2D eigenvalue weighted by Gasteiger charge is -2.43. The smallest absolute Gasteiger partial charge is 0.227 e. The zero-order valence-corrected chi connectivity index (χ0v) is 14.1. The number of carbonyl (C=O) groups is 1. The van der Waals surface area contributed by atoms with Gasteiger partial charge in [-0.05, 0) is 63.3 Å². The molecule has 120 valence electrons. The zero-order chi connectivity index (χ0) is 15.7. The molecule has 0 spiro atoms. The van der Waals surface area contributed by atoms with E-state index >= 15 is 0 Å². The van der Waals surface area contributed by atoms with Crippen molar-refractivity contribution in [3.63, 3.8) is 0 Å². The minimum absolute atomic E-state index is 0.281. The van der Waals surface area contributed by atoms with Gasteiger partial charge in [-0.25, -0.2) is 0 Å². The van der Waals surface area contributed by atoms with Gasteiger partial charge in [0.05, 0.1) is 6.42 Å². The maximum absolute atomic E-state index is 12.8. The number of rotatable bonds is 2. The average molecular weight is 300 g/mol. The van der Waals surface area contributed by atoms with Gasteiger partial charge in [0.25, 0.3) is 0 Å². The fourth-order valence-electron chi connectivity index (χ4n) is 4.24. The normalized spacial score (nSPS) is 25.9. The molecule has 22 heavy (non-hydrogen) atoms. The van der Waals surface area contributed by atoms with Crippen molar-refractivity contribution in [2.24, 2.45) is 0 Å². The molecule has 1 aliphatic carbocycles. The molecule has 3 heteroatoms. The molecule has 1 saturated heterocycles. The van der Waals surface area contributed by atoms with Gasteiger partial charge in [-0.1, -0.05) is 18.2 Å². The van der Waals surface area contributed by atoms with Crippen molar-refractivity contribution in [2.75, 3.05) is 20.1 Å². The Morgan fingerprint density at radius 3 is 2.41 bits per heavy atom. The summed E-state index contributed by atoms with van der Waals surface area (Å²) in [7, 11) is 2.14. The lowest BCUT2D eigenvalue weighted by atomic mass is 9.90. The van der Waals surface area contributed by atoms with Gasteiger partial charge in [0.1, 0.15) is 0 Å². The summed E-state index contributed by atoms with van der Waals surface area (Å²) in [6.07, 6.45) is 5.53. The summed E-state index contributed by atoms with van der Waals surface area (Å²) in [6, 6.07) is 7.29. The van der Waals surface area contributed by atoms with Crippen LogP contribution in [-0.2, 0) is 24.1 Å². The number of fused-ring (bicyclic) bond motifs is 1. The molecule has 1 aliphatic heterocycles. The molecule has 3 rings (SSSR count). The molecule has 3 nitrogen and oxygen atoms in total. The Balaban J connectivity index is 1.71. The van der Waals surface area contributed by atoms with E-state index in [0.29, 0.717) is 18.5 Å². The number of hydrogen-bond acceptors (Lipinski definition) is 2. The standard InChI is InChI=1S/C19H28N2O/c1-14-12-20(3)13-15(2)21(14)19(22)11-16-8-9-17-6-4-5-7-18(17)10-16/h8-10,14-15H,4-7,11-13H2,1-3H3/t14-,15-/m1/s1. The highest BCUT2D eigenvalue weighted by atomic mass is 16.2. The summed E-state index contributed by atoms with van der Waals surface area (Å²) in [5.74, 6) is 0.281. The van der Waals surface area contributed by atoms with Crippen molar-refractivity contribution >= 4 is 5.91 Å². The quantitative estimate of drug-likeness (QED) is 0.838. The van der Waals surface area contributed by atoms with Crippen LogP contribution in [0.15, 0.2) is 18.2 Å². The third kappa shape index (κ3) is 3.19. The van der Waals surface area contributed by atoms with Crippen LogP contribution in [0.25, 0.3) is 0 Å². The molecule has 1 heterocycles. The number of hydrogen-bond donors (Lipinski definition) is 0. The molecule has 0 N–H and O–H groups in total. The molecule has 1 amide bonds. The highest BCUT2D eigenvalue weighted by molar-refractivity contribution is 5.79. The van der Waals surface area contributed by atoms with E-state index in [0.717, 1.165) is 13.1 Å². The molecule has 1 aromatic carbocycles.